The van der Waals surface area contributed by atoms with Gasteiger partial charge in [-0.25, -0.2) is 4.79 Å². The molecular formula is C20H20F3N7O2. The Morgan fingerprint density at radius 2 is 2.00 bits per heavy atom. The Bertz CT molecular complexity index is 1160. The van der Waals surface area contributed by atoms with E-state index in [0.717, 1.165) is 17.3 Å². The topological polar surface area (TPSA) is 102 Å². The highest BCUT2D eigenvalue weighted by Crippen LogP contribution is 2.55. The molecule has 1 aliphatic heterocycles. The summed E-state index contributed by atoms with van der Waals surface area (Å²) in [5.41, 5.74) is -1.68. The Balaban J connectivity index is 1.46. The SMILES string of the molecule is Cc1noc([C@@]23C[C@@H](C)C[C@@H](C2)N3C(=O)Nc2ccc(C(F)(F)F)c(-n3nccn3)c2)n1. The summed E-state index contributed by atoms with van der Waals surface area (Å²) >= 11 is 0. The fourth-order valence-corrected chi connectivity index (χ4v) is 4.97. The Hall–Kier alpha value is -3.44. The van der Waals surface area contributed by atoms with Crippen LogP contribution >= 0.6 is 0 Å². The van der Waals surface area contributed by atoms with Crippen molar-refractivity contribution in [3.63, 3.8) is 0 Å². The first kappa shape index (κ1) is 20.5. The van der Waals surface area contributed by atoms with Crippen LogP contribution in [-0.4, -0.2) is 42.1 Å². The van der Waals surface area contributed by atoms with Gasteiger partial charge in [-0.1, -0.05) is 12.1 Å². The third-order valence-electron chi connectivity index (χ3n) is 6.09. The zero-order valence-corrected chi connectivity index (χ0v) is 17.3. The number of amides is 2. The molecule has 1 aliphatic carbocycles. The minimum atomic E-state index is -4.60. The number of benzene rings is 1. The van der Waals surface area contributed by atoms with E-state index in [2.05, 4.69) is 32.6 Å². The zero-order valence-electron chi connectivity index (χ0n) is 17.3. The number of hydrogen-bond acceptors (Lipinski definition) is 6. The van der Waals surface area contributed by atoms with Gasteiger partial charge in [-0.15, -0.1) is 0 Å². The van der Waals surface area contributed by atoms with Crippen LogP contribution in [0.25, 0.3) is 5.69 Å². The molecule has 1 saturated carbocycles. The molecular weight excluding hydrogens is 427 g/mol. The van der Waals surface area contributed by atoms with Gasteiger partial charge in [0.05, 0.1) is 23.6 Å². The monoisotopic (exact) mass is 447 g/mol. The van der Waals surface area contributed by atoms with Crippen LogP contribution in [-0.2, 0) is 11.7 Å². The molecule has 0 radical (unpaired) electrons. The van der Waals surface area contributed by atoms with Crippen molar-refractivity contribution in [3.8, 4) is 5.69 Å². The van der Waals surface area contributed by atoms with Gasteiger partial charge in [-0.3, -0.25) is 0 Å². The molecule has 3 heterocycles. The lowest BCUT2D eigenvalue weighted by atomic mass is 9.64. The molecule has 3 atom stereocenters. The van der Waals surface area contributed by atoms with E-state index in [4.69, 9.17) is 4.52 Å². The van der Waals surface area contributed by atoms with E-state index < -0.39 is 23.3 Å². The second kappa shape index (κ2) is 7.04. The van der Waals surface area contributed by atoms with Crippen molar-refractivity contribution >= 4 is 11.7 Å². The van der Waals surface area contributed by atoms with Gasteiger partial charge in [-0.2, -0.15) is 33.1 Å². The highest BCUT2D eigenvalue weighted by Gasteiger charge is 2.62. The second-order valence-corrected chi connectivity index (χ2v) is 8.43. The van der Waals surface area contributed by atoms with Crippen molar-refractivity contribution in [2.24, 2.45) is 5.92 Å². The molecule has 2 fully saturated rings. The fraction of sp³-hybridized carbons (Fsp3) is 0.450. The van der Waals surface area contributed by atoms with Gasteiger partial charge in [0, 0.05) is 18.2 Å². The number of alkyl halides is 3. The van der Waals surface area contributed by atoms with E-state index in [0.29, 0.717) is 30.5 Å². The fourth-order valence-electron chi connectivity index (χ4n) is 4.97. The quantitative estimate of drug-likeness (QED) is 0.653. The Morgan fingerprint density at radius 1 is 1.25 bits per heavy atom. The lowest BCUT2D eigenvalue weighted by Gasteiger charge is -2.61. The number of urea groups is 1. The highest BCUT2D eigenvalue weighted by molar-refractivity contribution is 5.91. The van der Waals surface area contributed by atoms with Crippen molar-refractivity contribution in [2.45, 2.75) is 50.9 Å². The van der Waals surface area contributed by atoms with Crippen LogP contribution in [0.3, 0.4) is 0 Å². The number of anilines is 1. The van der Waals surface area contributed by atoms with Crippen LogP contribution in [0.15, 0.2) is 35.1 Å². The van der Waals surface area contributed by atoms with Gasteiger partial charge in [-0.05, 0) is 43.9 Å². The number of likely N-dealkylation sites (tertiary alicyclic amines) is 1. The number of aromatic nitrogens is 5. The third-order valence-corrected chi connectivity index (χ3v) is 6.09. The molecule has 2 aromatic heterocycles. The molecule has 0 unspecified atom stereocenters. The molecule has 1 aromatic carbocycles. The van der Waals surface area contributed by atoms with E-state index in [9.17, 15) is 18.0 Å². The predicted octanol–water partition coefficient (Wildman–Crippen LogP) is 3.91. The number of piperidine rings is 1. The van der Waals surface area contributed by atoms with Gasteiger partial charge in [0.15, 0.2) is 5.82 Å². The lowest BCUT2D eigenvalue weighted by molar-refractivity contribution is -0.137. The van der Waals surface area contributed by atoms with Crippen LogP contribution < -0.4 is 5.32 Å². The molecule has 3 aromatic rings. The Labute approximate surface area is 180 Å². The highest BCUT2D eigenvalue weighted by atomic mass is 19.4. The van der Waals surface area contributed by atoms with Gasteiger partial charge in [0.2, 0.25) is 0 Å². The molecule has 32 heavy (non-hydrogen) atoms. The van der Waals surface area contributed by atoms with Crippen molar-refractivity contribution in [3.05, 3.63) is 47.9 Å². The molecule has 12 heteroatoms. The number of rotatable bonds is 3. The number of nitrogens with one attached hydrogen (secondary N) is 1. The molecule has 5 rings (SSSR count). The normalized spacial score (nSPS) is 24.8. The van der Waals surface area contributed by atoms with Crippen LogP contribution in [0.5, 0.6) is 0 Å². The molecule has 168 valence electrons. The summed E-state index contributed by atoms with van der Waals surface area (Å²) in [6.07, 6.45) is 0.178. The summed E-state index contributed by atoms with van der Waals surface area (Å²) < 4.78 is 45.8. The first-order valence-corrected chi connectivity index (χ1v) is 10.2. The van der Waals surface area contributed by atoms with Crippen LogP contribution in [0.1, 0.15) is 43.5 Å². The molecule has 2 amide bonds. The summed E-state index contributed by atoms with van der Waals surface area (Å²) in [6.45, 7) is 3.82. The van der Waals surface area contributed by atoms with Crippen molar-refractivity contribution in [1.82, 2.24) is 30.0 Å². The van der Waals surface area contributed by atoms with Gasteiger partial charge in [0.25, 0.3) is 5.89 Å². The number of nitrogens with zero attached hydrogens (tertiary/aromatic N) is 6. The summed E-state index contributed by atoms with van der Waals surface area (Å²) in [6, 6.07) is 2.90. The molecule has 2 aliphatic rings. The third kappa shape index (κ3) is 3.21. The van der Waals surface area contributed by atoms with Crippen molar-refractivity contribution < 1.29 is 22.5 Å². The van der Waals surface area contributed by atoms with Gasteiger partial charge in [0.1, 0.15) is 5.54 Å². The Kier molecular flexibility index (Phi) is 4.50. The smallest absolute Gasteiger partial charge is 0.337 e. The number of carbonyl (C=O) groups is 1. The lowest BCUT2D eigenvalue weighted by Crippen LogP contribution is -2.70. The number of fused-ring (bicyclic) bond motifs is 2. The number of carbonyl (C=O) groups excluding carboxylic acids is 1. The van der Waals surface area contributed by atoms with E-state index in [1.54, 1.807) is 11.8 Å². The summed E-state index contributed by atoms with van der Waals surface area (Å²) in [5.74, 6) is 1.24. The standard InChI is InChI=1S/C20H20F3N7O2/c1-11-7-14-10-19(9-11,17-26-12(2)28-32-17)29(14)18(31)27-13-3-4-15(20(21,22)23)16(8-13)30-24-5-6-25-30/h3-6,8,11,14H,7,9-10H2,1-2H3,(H,27,31)/t11-,14-,19+/m0/s1. The summed E-state index contributed by atoms with van der Waals surface area (Å²) in [7, 11) is 0. The van der Waals surface area contributed by atoms with Gasteiger partial charge >= 0.3 is 12.2 Å². The maximum Gasteiger partial charge on any atom is 0.418 e. The molecule has 9 nitrogen and oxygen atoms in total. The maximum atomic E-state index is 13.5. The number of hydrogen-bond donors (Lipinski definition) is 1. The van der Waals surface area contributed by atoms with Crippen LogP contribution in [0.4, 0.5) is 23.7 Å². The van der Waals surface area contributed by atoms with E-state index in [1.807, 2.05) is 0 Å². The van der Waals surface area contributed by atoms with E-state index in [-0.39, 0.29) is 17.4 Å². The minimum Gasteiger partial charge on any atom is -0.337 e. The summed E-state index contributed by atoms with van der Waals surface area (Å²) in [4.78, 5) is 20.2. The average Bonchev–Trinajstić information content (AvgIpc) is 3.38. The first-order chi connectivity index (χ1) is 15.2. The molecule has 0 spiro atoms. The minimum absolute atomic E-state index is 0.00680. The molecule has 1 saturated heterocycles. The predicted molar refractivity (Wildman–Crippen MR) is 105 cm³/mol. The first-order valence-electron chi connectivity index (χ1n) is 10.2. The zero-order chi connectivity index (χ0) is 22.7. The van der Waals surface area contributed by atoms with Crippen LogP contribution in [0, 0.1) is 12.8 Å². The van der Waals surface area contributed by atoms with Crippen molar-refractivity contribution in [1.29, 1.82) is 0 Å². The Morgan fingerprint density at radius 3 is 2.66 bits per heavy atom. The maximum absolute atomic E-state index is 13.5. The molecule has 2 bridgehead atoms. The number of halogens is 3. The van der Waals surface area contributed by atoms with E-state index in [1.165, 1.54) is 24.5 Å². The van der Waals surface area contributed by atoms with Crippen LogP contribution in [0.2, 0.25) is 0 Å². The molecule has 1 N–H and O–H groups in total. The van der Waals surface area contributed by atoms with E-state index >= 15 is 0 Å². The number of aryl methyl sites for hydroxylation is 1. The second-order valence-electron chi connectivity index (χ2n) is 8.43. The average molecular weight is 447 g/mol. The van der Waals surface area contributed by atoms with Gasteiger partial charge < -0.3 is 14.7 Å². The van der Waals surface area contributed by atoms with Crippen molar-refractivity contribution in [2.75, 3.05) is 5.32 Å². The summed E-state index contributed by atoms with van der Waals surface area (Å²) in [5, 5.41) is 14.2. The largest absolute Gasteiger partial charge is 0.418 e.